The number of aromatic nitrogens is 2. The van der Waals surface area contributed by atoms with Crippen molar-refractivity contribution in [3.63, 3.8) is 0 Å². The molecule has 0 bridgehead atoms. The van der Waals surface area contributed by atoms with Crippen molar-refractivity contribution >= 4 is 17.5 Å². The Labute approximate surface area is 240 Å². The minimum Gasteiger partial charge on any atom is -0.457 e. The fraction of sp³-hybridized carbons (Fsp3) is 0.515. The molecular weight excluding hydrogens is 520 g/mol. The van der Waals surface area contributed by atoms with Gasteiger partial charge in [0.1, 0.15) is 5.60 Å². The number of ether oxygens (including phenoxy) is 1. The van der Waals surface area contributed by atoms with Crippen LogP contribution in [0.25, 0.3) is 11.3 Å². The molecule has 41 heavy (non-hydrogen) atoms. The molecule has 216 valence electrons. The fourth-order valence-corrected chi connectivity index (χ4v) is 8.68. The molecule has 3 fully saturated rings. The summed E-state index contributed by atoms with van der Waals surface area (Å²) < 4.78 is 7.12. The maximum absolute atomic E-state index is 13.5. The molecule has 1 aromatic carbocycles. The van der Waals surface area contributed by atoms with Crippen LogP contribution in [0.2, 0.25) is 0 Å². The molecule has 2 aromatic rings. The van der Waals surface area contributed by atoms with E-state index in [1.807, 2.05) is 56.6 Å². The minimum atomic E-state index is -1.68. The number of aliphatic hydroxyl groups excluding tert-OH is 1. The van der Waals surface area contributed by atoms with Crippen molar-refractivity contribution < 1.29 is 29.3 Å². The third kappa shape index (κ3) is 4.43. The van der Waals surface area contributed by atoms with Crippen molar-refractivity contribution in [3.8, 4) is 11.3 Å². The lowest BCUT2D eigenvalue weighted by Crippen LogP contribution is -2.61. The molecule has 0 amide bonds. The molecule has 1 aromatic heterocycles. The van der Waals surface area contributed by atoms with Crippen LogP contribution < -0.4 is 0 Å². The summed E-state index contributed by atoms with van der Waals surface area (Å²) >= 11 is 0. The summed E-state index contributed by atoms with van der Waals surface area (Å²) in [4.78, 5) is 38.3. The second-order valence-electron chi connectivity index (χ2n) is 12.9. The summed E-state index contributed by atoms with van der Waals surface area (Å²) in [6, 6.07) is 9.38. The lowest BCUT2D eigenvalue weighted by Gasteiger charge is -2.59. The van der Waals surface area contributed by atoms with Gasteiger partial charge in [-0.1, -0.05) is 43.7 Å². The Morgan fingerprint density at radius 2 is 2.00 bits per heavy atom. The molecule has 7 atom stereocenters. The number of nitrogens with zero attached hydrogens (tertiary/aromatic N) is 2. The van der Waals surface area contributed by atoms with E-state index in [1.165, 1.54) is 0 Å². The molecule has 3 saturated carbocycles. The summed E-state index contributed by atoms with van der Waals surface area (Å²) in [5, 5.41) is 27.8. The number of aliphatic hydroxyl groups is 2. The number of hydrogen-bond acceptors (Lipinski definition) is 7. The molecule has 6 rings (SSSR count). The van der Waals surface area contributed by atoms with E-state index in [9.17, 15) is 24.6 Å². The number of rotatable bonds is 6. The van der Waals surface area contributed by atoms with Gasteiger partial charge in [0.25, 0.3) is 0 Å². The van der Waals surface area contributed by atoms with E-state index < -0.39 is 40.9 Å². The number of hydrogen-bond donors (Lipinski definition) is 2. The molecule has 1 heterocycles. The van der Waals surface area contributed by atoms with Crippen molar-refractivity contribution in [2.24, 2.45) is 35.6 Å². The predicted molar refractivity (Wildman–Crippen MR) is 151 cm³/mol. The molecule has 4 aliphatic rings. The maximum atomic E-state index is 13.5. The van der Waals surface area contributed by atoms with E-state index in [0.29, 0.717) is 6.42 Å². The highest BCUT2D eigenvalue weighted by molar-refractivity contribution is 6.01. The lowest BCUT2D eigenvalue weighted by molar-refractivity contribution is -0.181. The summed E-state index contributed by atoms with van der Waals surface area (Å²) in [5.74, 6) is -0.987. The van der Waals surface area contributed by atoms with E-state index in [2.05, 4.69) is 12.0 Å². The van der Waals surface area contributed by atoms with Gasteiger partial charge >= 0.3 is 5.97 Å². The number of aryl methyl sites for hydroxylation is 1. The van der Waals surface area contributed by atoms with Crippen LogP contribution in [0.5, 0.6) is 0 Å². The van der Waals surface area contributed by atoms with Crippen molar-refractivity contribution in [1.29, 1.82) is 0 Å². The highest BCUT2D eigenvalue weighted by Gasteiger charge is 2.68. The first-order valence-corrected chi connectivity index (χ1v) is 14.6. The van der Waals surface area contributed by atoms with E-state index >= 15 is 0 Å². The number of Topliss-reactive ketones (excluding diaryl/α,β-unsaturated/α-hetero) is 1. The Hall–Kier alpha value is -3.36. The zero-order chi connectivity index (χ0) is 29.2. The normalized spacial score (nSPS) is 35.7. The lowest BCUT2D eigenvalue weighted by atomic mass is 9.46. The van der Waals surface area contributed by atoms with Gasteiger partial charge in [-0.3, -0.25) is 19.1 Å². The second-order valence-corrected chi connectivity index (χ2v) is 12.9. The zero-order valence-corrected chi connectivity index (χ0v) is 23.9. The number of fused-ring (bicyclic) bond motifs is 5. The SMILES string of the molecule is Cn1ccc(-c2cccc(CC(=O)OCC(=O)[C@@]3(O)CCC4C5CCC6=CC(=O)C=CC6(C)C5[C@@H](O)CC43C)c2)n1. The van der Waals surface area contributed by atoms with Crippen molar-refractivity contribution in [1.82, 2.24) is 9.78 Å². The quantitative estimate of drug-likeness (QED) is 0.519. The first-order valence-electron chi connectivity index (χ1n) is 14.6. The largest absolute Gasteiger partial charge is 0.457 e. The van der Waals surface area contributed by atoms with E-state index in [-0.39, 0.29) is 42.8 Å². The Morgan fingerprint density at radius 1 is 1.20 bits per heavy atom. The van der Waals surface area contributed by atoms with Crippen LogP contribution in [-0.4, -0.2) is 55.8 Å². The number of benzene rings is 1. The molecule has 5 unspecified atom stereocenters. The third-order valence-corrected chi connectivity index (χ3v) is 10.8. The number of carbonyl (C=O) groups excluding carboxylic acids is 3. The third-order valence-electron chi connectivity index (χ3n) is 10.8. The number of esters is 1. The van der Waals surface area contributed by atoms with Crippen LogP contribution in [-0.2, 0) is 32.6 Å². The van der Waals surface area contributed by atoms with E-state index in [4.69, 9.17) is 4.74 Å². The molecule has 2 N–H and O–H groups in total. The van der Waals surface area contributed by atoms with E-state index in [0.717, 1.165) is 35.2 Å². The van der Waals surface area contributed by atoms with Crippen molar-refractivity contribution in [2.45, 2.75) is 64.1 Å². The monoisotopic (exact) mass is 558 g/mol. The molecule has 8 nitrogen and oxygen atoms in total. The molecule has 0 spiro atoms. The molecule has 0 saturated heterocycles. The van der Waals surface area contributed by atoms with Gasteiger partial charge in [0.15, 0.2) is 12.4 Å². The smallest absolute Gasteiger partial charge is 0.310 e. The first kappa shape index (κ1) is 27.8. The van der Waals surface area contributed by atoms with Gasteiger partial charge in [0.2, 0.25) is 5.78 Å². The van der Waals surface area contributed by atoms with Crippen LogP contribution >= 0.6 is 0 Å². The van der Waals surface area contributed by atoms with Gasteiger partial charge in [-0.2, -0.15) is 5.10 Å². The molecule has 0 aliphatic heterocycles. The van der Waals surface area contributed by atoms with Gasteiger partial charge < -0.3 is 14.9 Å². The second kappa shape index (κ2) is 9.88. The average molecular weight is 559 g/mol. The van der Waals surface area contributed by atoms with E-state index in [1.54, 1.807) is 16.8 Å². The summed E-state index contributed by atoms with van der Waals surface area (Å²) in [7, 11) is 1.84. The van der Waals surface area contributed by atoms with Gasteiger partial charge in [0, 0.05) is 35.6 Å². The maximum Gasteiger partial charge on any atom is 0.310 e. The van der Waals surface area contributed by atoms with Gasteiger partial charge in [-0.25, -0.2) is 0 Å². The highest BCUT2D eigenvalue weighted by Crippen LogP contribution is 2.67. The Balaban J connectivity index is 1.14. The molecular formula is C33H38N2O6. The Morgan fingerprint density at radius 3 is 2.76 bits per heavy atom. The average Bonchev–Trinajstić information content (AvgIpc) is 3.48. The predicted octanol–water partition coefficient (Wildman–Crippen LogP) is 3.75. The van der Waals surface area contributed by atoms with Crippen LogP contribution in [0.1, 0.15) is 51.5 Å². The summed E-state index contributed by atoms with van der Waals surface area (Å²) in [6.07, 6.45) is 9.17. The first-order chi connectivity index (χ1) is 19.4. The van der Waals surface area contributed by atoms with Crippen LogP contribution in [0.15, 0.2) is 60.3 Å². The number of carbonyl (C=O) groups is 3. The number of ketones is 2. The topological polar surface area (TPSA) is 119 Å². The fourth-order valence-electron chi connectivity index (χ4n) is 8.68. The summed E-state index contributed by atoms with van der Waals surface area (Å²) in [6.45, 7) is 3.51. The van der Waals surface area contributed by atoms with Crippen LogP contribution in [0, 0.1) is 28.6 Å². The Kier molecular flexibility index (Phi) is 6.70. The van der Waals surface area contributed by atoms with Crippen molar-refractivity contribution in [2.75, 3.05) is 6.61 Å². The van der Waals surface area contributed by atoms with Crippen molar-refractivity contribution in [3.05, 3.63) is 65.9 Å². The Bertz CT molecular complexity index is 1470. The molecule has 8 heteroatoms. The van der Waals surface area contributed by atoms with Gasteiger partial charge in [0.05, 0.1) is 18.2 Å². The zero-order valence-electron chi connectivity index (χ0n) is 23.9. The molecule has 0 radical (unpaired) electrons. The van der Waals surface area contributed by atoms with Gasteiger partial charge in [-0.05, 0) is 73.8 Å². The van der Waals surface area contributed by atoms with Crippen LogP contribution in [0.3, 0.4) is 0 Å². The summed E-state index contributed by atoms with van der Waals surface area (Å²) in [5.41, 5.74) is 0.569. The molecule has 4 aliphatic carbocycles. The van der Waals surface area contributed by atoms with Gasteiger partial charge in [-0.15, -0.1) is 0 Å². The highest BCUT2D eigenvalue weighted by atomic mass is 16.5. The number of allylic oxidation sites excluding steroid dienone is 4. The standard InChI is InChI=1S/C33H38N2O6/c1-31-12-9-23(36)17-22(31)7-8-24-25-10-13-33(40,32(25,2)18-27(37)30(24)31)28(38)19-41-29(39)16-20-5-4-6-21(15-20)26-11-14-35(3)34-26/h4-6,9,11-12,14-15,17,24-25,27,30,37,40H,7-8,10,13,16,18-19H2,1-3H3/t24?,25?,27-,30?,31?,32?,33-/m0/s1. The van der Waals surface area contributed by atoms with Crippen LogP contribution in [0.4, 0.5) is 0 Å². The minimum absolute atomic E-state index is 0.000796.